The van der Waals surface area contributed by atoms with E-state index in [-0.39, 0.29) is 47.1 Å². The molecule has 0 spiro atoms. The molecule has 3 aromatic rings. The molecule has 0 radical (unpaired) electrons. The Kier molecular flexibility index (Phi) is 9.55. The summed E-state index contributed by atoms with van der Waals surface area (Å²) in [5.74, 6) is -0.571. The second-order valence-corrected chi connectivity index (χ2v) is 8.61. The van der Waals surface area contributed by atoms with E-state index in [1.165, 1.54) is 13.2 Å². The van der Waals surface area contributed by atoms with Gasteiger partial charge in [0.2, 0.25) is 0 Å². The Balaban J connectivity index is 0.00000361. The van der Waals surface area contributed by atoms with Crippen molar-refractivity contribution in [1.29, 1.82) is 0 Å². The zero-order chi connectivity index (χ0) is 25.1. The monoisotopic (exact) mass is 537 g/mol. The summed E-state index contributed by atoms with van der Waals surface area (Å²) in [6.45, 7) is 2.49. The van der Waals surface area contributed by atoms with Crippen LogP contribution in [-0.4, -0.2) is 32.1 Å². The van der Waals surface area contributed by atoms with E-state index in [2.05, 4.69) is 0 Å². The topological polar surface area (TPSA) is 88.1 Å². The molecule has 0 fully saturated rings. The number of ether oxygens (including phenoxy) is 3. The first-order chi connectivity index (χ1) is 16.8. The molecule has 0 aromatic heterocycles. The van der Waals surface area contributed by atoms with E-state index in [4.69, 9.17) is 37.4 Å². The fourth-order valence-corrected chi connectivity index (χ4v) is 4.47. The molecule has 36 heavy (non-hydrogen) atoms. The maximum Gasteiger partial charge on any atom is 1.00 e. The molecular formula is C26H22Cl2NNaO6. The Morgan fingerprint density at radius 3 is 2.44 bits per heavy atom. The van der Waals surface area contributed by atoms with E-state index in [0.29, 0.717) is 57.8 Å². The molecule has 10 heteroatoms. The summed E-state index contributed by atoms with van der Waals surface area (Å²) in [6, 6.07) is 14.9. The zero-order valence-corrected chi connectivity index (χ0v) is 23.6. The second-order valence-electron chi connectivity index (χ2n) is 7.80. The number of nitrogens with zero attached hydrogens (tertiary/aromatic N) is 1. The van der Waals surface area contributed by atoms with Crippen molar-refractivity contribution in [3.8, 4) is 23.0 Å². The van der Waals surface area contributed by atoms with Crippen LogP contribution in [0.25, 0.3) is 0 Å². The van der Waals surface area contributed by atoms with Crippen LogP contribution in [0.4, 0.5) is 5.69 Å². The van der Waals surface area contributed by atoms with Crippen LogP contribution < -0.4 is 53.8 Å². The number of carbonyl (C=O) groups is 2. The van der Waals surface area contributed by atoms with Crippen molar-refractivity contribution in [2.75, 3.05) is 25.2 Å². The minimum absolute atomic E-state index is 0. The Labute approximate surface area is 241 Å². The van der Waals surface area contributed by atoms with Crippen molar-refractivity contribution in [2.45, 2.75) is 19.3 Å². The van der Waals surface area contributed by atoms with Crippen molar-refractivity contribution in [2.24, 2.45) is 0 Å². The maximum absolute atomic E-state index is 13.2. The number of aliphatic carboxylic acids is 1. The van der Waals surface area contributed by atoms with Crippen molar-refractivity contribution < 1.29 is 58.5 Å². The van der Waals surface area contributed by atoms with Crippen LogP contribution in [0.2, 0.25) is 10.0 Å². The Bertz CT molecular complexity index is 1270. The van der Waals surface area contributed by atoms with Crippen LogP contribution in [-0.2, 0) is 4.79 Å². The predicted molar refractivity (Wildman–Crippen MR) is 131 cm³/mol. The number of benzene rings is 3. The first-order valence-corrected chi connectivity index (χ1v) is 11.7. The van der Waals surface area contributed by atoms with E-state index in [1.807, 2.05) is 6.92 Å². The number of amides is 1. The average molecular weight is 538 g/mol. The number of rotatable bonds is 7. The molecule has 7 nitrogen and oxygen atoms in total. The fourth-order valence-electron chi connectivity index (χ4n) is 3.99. The largest absolute Gasteiger partial charge is 1.00 e. The zero-order valence-electron chi connectivity index (χ0n) is 20.0. The summed E-state index contributed by atoms with van der Waals surface area (Å²) >= 11 is 12.7. The first kappa shape index (κ1) is 28.2. The van der Waals surface area contributed by atoms with Gasteiger partial charge in [0.05, 0.1) is 23.8 Å². The van der Waals surface area contributed by atoms with Gasteiger partial charge < -0.3 is 29.0 Å². The molecule has 0 aliphatic carbocycles. The maximum atomic E-state index is 13.2. The summed E-state index contributed by atoms with van der Waals surface area (Å²) in [7, 11) is 1.52. The van der Waals surface area contributed by atoms with Crippen LogP contribution >= 0.6 is 23.2 Å². The fraction of sp³-hybridized carbons (Fsp3) is 0.231. The van der Waals surface area contributed by atoms with E-state index in [0.717, 1.165) is 0 Å². The quantitative estimate of drug-likeness (QED) is 0.429. The summed E-state index contributed by atoms with van der Waals surface area (Å²) < 4.78 is 16.9. The summed E-state index contributed by atoms with van der Waals surface area (Å²) in [5, 5.41) is 12.1. The third-order valence-corrected chi connectivity index (χ3v) is 6.32. The number of carboxylic acid groups (broad SMARTS) is 1. The van der Waals surface area contributed by atoms with Gasteiger partial charge in [-0.3, -0.25) is 4.79 Å². The molecule has 0 bridgehead atoms. The molecule has 1 atom stereocenters. The number of para-hydroxylation sites is 1. The third-order valence-electron chi connectivity index (χ3n) is 5.72. The average Bonchev–Trinajstić information content (AvgIpc) is 2.85. The SMILES string of the molecule is CCN(C(=O)c1ccc(Oc2cc3c(cc2Cl)C(C(=O)[O-])CCO3)cc1)c1c(Cl)cccc1OC.[Na+]. The molecule has 1 aliphatic heterocycles. The van der Waals surface area contributed by atoms with Crippen LogP contribution in [0.15, 0.2) is 54.6 Å². The van der Waals surface area contributed by atoms with Gasteiger partial charge in [-0.1, -0.05) is 29.3 Å². The minimum atomic E-state index is -1.17. The molecule has 4 rings (SSSR count). The molecular weight excluding hydrogens is 516 g/mol. The van der Waals surface area contributed by atoms with Crippen molar-refractivity contribution in [3.05, 3.63) is 75.8 Å². The van der Waals surface area contributed by atoms with Gasteiger partial charge >= 0.3 is 29.6 Å². The molecule has 0 saturated heterocycles. The summed E-state index contributed by atoms with van der Waals surface area (Å²) in [6.07, 6.45) is 0.316. The normalized spacial score (nSPS) is 14.1. The van der Waals surface area contributed by atoms with Crippen LogP contribution in [0.1, 0.15) is 35.2 Å². The molecule has 1 amide bonds. The standard InChI is InChI=1S/C26H23Cl2NO6.Na/c1-3-29(24-19(27)5-4-6-21(24)33-2)25(30)15-7-9-16(10-8-15)35-23-14-22-18(13-20(23)28)17(26(31)32)11-12-34-22;/h4-10,13-14,17H,3,11-12H2,1-2H3,(H,31,32);/q;+1/p-1. The molecule has 0 saturated carbocycles. The van der Waals surface area contributed by atoms with Gasteiger partial charge in [0, 0.05) is 35.6 Å². The van der Waals surface area contributed by atoms with Gasteiger partial charge in [-0.05, 0) is 55.8 Å². The molecule has 3 aromatic carbocycles. The summed E-state index contributed by atoms with van der Waals surface area (Å²) in [5.41, 5.74) is 1.39. The molecule has 1 heterocycles. The van der Waals surface area contributed by atoms with Crippen molar-refractivity contribution in [3.63, 3.8) is 0 Å². The number of halogens is 2. The summed E-state index contributed by atoms with van der Waals surface area (Å²) in [4.78, 5) is 26.2. The smallest absolute Gasteiger partial charge is 0.549 e. The number of methoxy groups -OCH3 is 1. The van der Waals surface area contributed by atoms with E-state index < -0.39 is 11.9 Å². The molecule has 1 aliphatic rings. The first-order valence-electron chi connectivity index (χ1n) is 10.9. The van der Waals surface area contributed by atoms with Gasteiger partial charge in [-0.2, -0.15) is 0 Å². The van der Waals surface area contributed by atoms with Crippen molar-refractivity contribution >= 4 is 40.8 Å². The third kappa shape index (κ3) is 5.76. The Hall–Kier alpha value is -2.42. The second kappa shape index (κ2) is 12.2. The van der Waals surface area contributed by atoms with Gasteiger partial charge in [-0.25, -0.2) is 0 Å². The van der Waals surface area contributed by atoms with Crippen LogP contribution in [0.5, 0.6) is 23.0 Å². The van der Waals surface area contributed by atoms with E-state index in [1.54, 1.807) is 53.4 Å². The Morgan fingerprint density at radius 1 is 1.08 bits per heavy atom. The number of anilines is 1. The number of carboxylic acids is 1. The van der Waals surface area contributed by atoms with E-state index >= 15 is 0 Å². The van der Waals surface area contributed by atoms with Crippen LogP contribution in [0.3, 0.4) is 0 Å². The predicted octanol–water partition coefficient (Wildman–Crippen LogP) is 2.08. The van der Waals surface area contributed by atoms with Gasteiger partial charge in [0.25, 0.3) is 5.91 Å². The van der Waals surface area contributed by atoms with Gasteiger partial charge in [0.1, 0.15) is 28.7 Å². The number of carbonyl (C=O) groups excluding carboxylic acids is 2. The number of hydrogen-bond donors (Lipinski definition) is 0. The van der Waals surface area contributed by atoms with Gasteiger partial charge in [-0.15, -0.1) is 0 Å². The minimum Gasteiger partial charge on any atom is -0.549 e. The van der Waals surface area contributed by atoms with E-state index in [9.17, 15) is 14.7 Å². The van der Waals surface area contributed by atoms with Crippen molar-refractivity contribution in [1.82, 2.24) is 0 Å². The molecule has 182 valence electrons. The molecule has 0 N–H and O–H groups in total. The number of fused-ring (bicyclic) bond motifs is 1. The number of hydrogen-bond acceptors (Lipinski definition) is 6. The molecule has 1 unspecified atom stereocenters. The Morgan fingerprint density at radius 2 is 1.81 bits per heavy atom. The van der Waals surface area contributed by atoms with Gasteiger partial charge in [0.15, 0.2) is 0 Å². The van der Waals surface area contributed by atoms with Crippen LogP contribution in [0, 0.1) is 0 Å².